The van der Waals surface area contributed by atoms with Crippen molar-refractivity contribution >= 4 is 23.4 Å². The third-order valence-electron chi connectivity index (χ3n) is 4.70. The molecule has 0 unspecified atom stereocenters. The van der Waals surface area contributed by atoms with Crippen LogP contribution in [-0.4, -0.2) is 26.4 Å². The summed E-state index contributed by atoms with van der Waals surface area (Å²) in [5.41, 5.74) is 3.18. The summed E-state index contributed by atoms with van der Waals surface area (Å²) >= 11 is 1.37. The number of nitrogens with zero attached hydrogens (tertiary/aromatic N) is 3. The Morgan fingerprint density at radius 1 is 1.17 bits per heavy atom. The van der Waals surface area contributed by atoms with E-state index in [9.17, 15) is 4.79 Å². The maximum absolute atomic E-state index is 12.3. The van der Waals surface area contributed by atoms with Crippen LogP contribution in [0.1, 0.15) is 43.8 Å². The molecule has 0 saturated carbocycles. The fourth-order valence-electron chi connectivity index (χ4n) is 3.12. The van der Waals surface area contributed by atoms with Crippen LogP contribution in [0.5, 0.6) is 5.75 Å². The van der Waals surface area contributed by atoms with Crippen LogP contribution in [0.3, 0.4) is 0 Å². The van der Waals surface area contributed by atoms with Crippen molar-refractivity contribution in [1.29, 1.82) is 0 Å². The topological polar surface area (TPSA) is 69.0 Å². The van der Waals surface area contributed by atoms with Gasteiger partial charge in [-0.2, -0.15) is 0 Å². The first kappa shape index (κ1) is 21.9. The van der Waals surface area contributed by atoms with Gasteiger partial charge in [-0.15, -0.1) is 10.2 Å². The number of ether oxygens (including phenoxy) is 1. The zero-order chi connectivity index (χ0) is 21.5. The van der Waals surface area contributed by atoms with Gasteiger partial charge >= 0.3 is 0 Å². The summed E-state index contributed by atoms with van der Waals surface area (Å²) in [6.45, 7) is 8.82. The zero-order valence-electron chi connectivity index (χ0n) is 17.9. The SMILES string of the molecule is CCc1ccc(O[C@@H](C)c2nnc(SCC(=O)Nc3cccc(C)c3)n2CC)cc1. The molecule has 3 rings (SSSR count). The number of thioether (sulfide) groups is 1. The molecule has 0 radical (unpaired) electrons. The minimum absolute atomic E-state index is 0.0712. The summed E-state index contributed by atoms with van der Waals surface area (Å²) < 4.78 is 8.06. The van der Waals surface area contributed by atoms with Crippen LogP contribution in [0.4, 0.5) is 5.69 Å². The van der Waals surface area contributed by atoms with Crippen LogP contribution in [0.2, 0.25) is 0 Å². The van der Waals surface area contributed by atoms with E-state index in [2.05, 4.69) is 34.6 Å². The van der Waals surface area contributed by atoms with Gasteiger partial charge in [-0.3, -0.25) is 4.79 Å². The van der Waals surface area contributed by atoms with Crippen molar-refractivity contribution in [3.63, 3.8) is 0 Å². The lowest BCUT2D eigenvalue weighted by atomic mass is 10.2. The predicted molar refractivity (Wildman–Crippen MR) is 121 cm³/mol. The summed E-state index contributed by atoms with van der Waals surface area (Å²) in [5.74, 6) is 1.74. The largest absolute Gasteiger partial charge is 0.483 e. The van der Waals surface area contributed by atoms with E-state index < -0.39 is 0 Å². The Balaban J connectivity index is 1.62. The highest BCUT2D eigenvalue weighted by Gasteiger charge is 2.19. The maximum atomic E-state index is 12.3. The molecule has 1 N–H and O–H groups in total. The second kappa shape index (κ2) is 10.3. The Kier molecular flexibility index (Phi) is 7.52. The van der Waals surface area contributed by atoms with Crippen LogP contribution < -0.4 is 10.1 Å². The molecule has 0 saturated heterocycles. The van der Waals surface area contributed by atoms with E-state index >= 15 is 0 Å². The van der Waals surface area contributed by atoms with Crippen LogP contribution in [0.15, 0.2) is 53.7 Å². The average Bonchev–Trinajstić information content (AvgIpc) is 3.16. The number of hydrogen-bond acceptors (Lipinski definition) is 5. The number of amides is 1. The fourth-order valence-corrected chi connectivity index (χ4v) is 3.92. The molecule has 158 valence electrons. The lowest BCUT2D eigenvalue weighted by molar-refractivity contribution is -0.113. The van der Waals surface area contributed by atoms with E-state index in [-0.39, 0.29) is 17.8 Å². The van der Waals surface area contributed by atoms with Gasteiger partial charge in [0.05, 0.1) is 5.75 Å². The van der Waals surface area contributed by atoms with Gasteiger partial charge in [-0.25, -0.2) is 0 Å². The van der Waals surface area contributed by atoms with Crippen molar-refractivity contribution in [2.24, 2.45) is 0 Å². The van der Waals surface area contributed by atoms with Crippen molar-refractivity contribution in [2.45, 2.75) is 51.9 Å². The summed E-state index contributed by atoms with van der Waals surface area (Å²) in [4.78, 5) is 12.3. The number of hydrogen-bond donors (Lipinski definition) is 1. The molecule has 0 fully saturated rings. The summed E-state index contributed by atoms with van der Waals surface area (Å²) in [7, 11) is 0. The minimum atomic E-state index is -0.250. The molecule has 1 aromatic heterocycles. The monoisotopic (exact) mass is 424 g/mol. The number of rotatable bonds is 9. The molecule has 0 bridgehead atoms. The first-order valence-corrected chi connectivity index (χ1v) is 11.2. The normalized spacial score (nSPS) is 11.9. The molecule has 1 atom stereocenters. The number of anilines is 1. The number of nitrogens with one attached hydrogen (secondary N) is 1. The molecular formula is C23H28N4O2S. The van der Waals surface area contributed by atoms with Gasteiger partial charge in [0.1, 0.15) is 5.75 Å². The van der Waals surface area contributed by atoms with Gasteiger partial charge in [-0.1, -0.05) is 43.0 Å². The van der Waals surface area contributed by atoms with Crippen molar-refractivity contribution < 1.29 is 9.53 Å². The van der Waals surface area contributed by atoms with Crippen LogP contribution in [0.25, 0.3) is 0 Å². The van der Waals surface area contributed by atoms with E-state index in [1.165, 1.54) is 17.3 Å². The van der Waals surface area contributed by atoms with Crippen LogP contribution in [-0.2, 0) is 17.8 Å². The molecule has 0 aliphatic carbocycles. The molecule has 0 aliphatic heterocycles. The van der Waals surface area contributed by atoms with Gasteiger partial charge < -0.3 is 14.6 Å². The molecular weight excluding hydrogens is 396 g/mol. The summed E-state index contributed by atoms with van der Waals surface area (Å²) in [5, 5.41) is 12.2. The second-order valence-electron chi connectivity index (χ2n) is 7.05. The highest BCUT2D eigenvalue weighted by molar-refractivity contribution is 7.99. The third kappa shape index (κ3) is 5.63. The Bertz CT molecular complexity index is 985. The van der Waals surface area contributed by atoms with Gasteiger partial charge in [0.2, 0.25) is 5.91 Å². The maximum Gasteiger partial charge on any atom is 0.234 e. The Hall–Kier alpha value is -2.80. The van der Waals surface area contributed by atoms with Crippen LogP contribution >= 0.6 is 11.8 Å². The van der Waals surface area contributed by atoms with Crippen molar-refractivity contribution in [3.05, 3.63) is 65.5 Å². The fraction of sp³-hybridized carbons (Fsp3) is 0.348. The Labute approximate surface area is 182 Å². The highest BCUT2D eigenvalue weighted by Crippen LogP contribution is 2.25. The van der Waals surface area contributed by atoms with Crippen molar-refractivity contribution in [3.8, 4) is 5.75 Å². The molecule has 1 heterocycles. The lowest BCUT2D eigenvalue weighted by Gasteiger charge is -2.16. The standard InChI is InChI=1S/C23H28N4O2S/c1-5-18-10-12-20(13-11-18)29-17(4)22-25-26-23(27(22)6-2)30-15-21(28)24-19-9-7-8-16(3)14-19/h7-14,17H,5-6,15H2,1-4H3,(H,24,28)/t17-/m0/s1. The lowest BCUT2D eigenvalue weighted by Crippen LogP contribution is -2.15. The molecule has 30 heavy (non-hydrogen) atoms. The Morgan fingerprint density at radius 3 is 2.60 bits per heavy atom. The highest BCUT2D eigenvalue weighted by atomic mass is 32.2. The molecule has 2 aromatic carbocycles. The van der Waals surface area contributed by atoms with Crippen molar-refractivity contribution in [2.75, 3.05) is 11.1 Å². The molecule has 7 heteroatoms. The molecule has 3 aromatic rings. The molecule has 0 spiro atoms. The predicted octanol–water partition coefficient (Wildman–Crippen LogP) is 5.04. The van der Waals surface area contributed by atoms with E-state index in [0.717, 1.165) is 29.2 Å². The summed E-state index contributed by atoms with van der Waals surface area (Å²) in [6.07, 6.45) is 0.748. The van der Waals surface area contributed by atoms with Crippen molar-refractivity contribution in [1.82, 2.24) is 14.8 Å². The van der Waals surface area contributed by atoms with Gasteiger partial charge in [0.15, 0.2) is 17.1 Å². The second-order valence-corrected chi connectivity index (χ2v) is 7.99. The molecule has 6 nitrogen and oxygen atoms in total. The van der Waals surface area contributed by atoms with Gasteiger partial charge in [0.25, 0.3) is 0 Å². The number of carbonyl (C=O) groups excluding carboxylic acids is 1. The first-order valence-electron chi connectivity index (χ1n) is 10.2. The third-order valence-corrected chi connectivity index (χ3v) is 5.67. The number of aromatic nitrogens is 3. The average molecular weight is 425 g/mol. The number of carbonyl (C=O) groups is 1. The van der Waals surface area contributed by atoms with Gasteiger partial charge in [-0.05, 0) is 62.6 Å². The molecule has 0 aliphatic rings. The smallest absolute Gasteiger partial charge is 0.234 e. The quantitative estimate of drug-likeness (QED) is 0.487. The first-order chi connectivity index (χ1) is 14.5. The number of benzene rings is 2. The Morgan fingerprint density at radius 2 is 1.93 bits per heavy atom. The summed E-state index contributed by atoms with van der Waals surface area (Å²) in [6, 6.07) is 15.9. The molecule has 1 amide bonds. The zero-order valence-corrected chi connectivity index (χ0v) is 18.7. The van der Waals surface area contributed by atoms with E-state index in [4.69, 9.17) is 4.74 Å². The van der Waals surface area contributed by atoms with Crippen LogP contribution in [0, 0.1) is 6.92 Å². The minimum Gasteiger partial charge on any atom is -0.483 e. The van der Waals surface area contributed by atoms with Gasteiger partial charge in [0, 0.05) is 12.2 Å². The van der Waals surface area contributed by atoms with E-state index in [0.29, 0.717) is 11.7 Å². The van der Waals surface area contributed by atoms with E-state index in [1.807, 2.05) is 61.7 Å². The van der Waals surface area contributed by atoms with E-state index in [1.54, 1.807) is 0 Å². The number of aryl methyl sites for hydroxylation is 2.